The maximum absolute atomic E-state index is 11.2. The zero-order valence-electron chi connectivity index (χ0n) is 15.3. The Balaban J connectivity index is 2.12. The first kappa shape index (κ1) is 19.1. The van der Waals surface area contributed by atoms with Crippen molar-refractivity contribution < 1.29 is 14.8 Å². The molecule has 3 rings (SSSR count). The molecule has 0 bridgehead atoms. The van der Waals surface area contributed by atoms with Gasteiger partial charge in [0, 0.05) is 17.7 Å². The molecule has 0 aliphatic carbocycles. The van der Waals surface area contributed by atoms with Gasteiger partial charge < -0.3 is 15.6 Å². The number of guanidine groups is 1. The third-order valence-electron chi connectivity index (χ3n) is 4.54. The van der Waals surface area contributed by atoms with Gasteiger partial charge in [-0.2, -0.15) is 5.26 Å². The standard InChI is InChI=1S/C19H19N5O4/c1-19(2)17(25)16(14-10-13(24(26)27)8-9-15(14)28-19)23(11-20)18(21)22-12-6-4-3-5-7-12/h3-10,16-17,25H,1-2H3,(H2,21,22)/t16-,17+/m1/s1. The van der Waals surface area contributed by atoms with Crippen LogP contribution in [0.4, 0.5) is 11.4 Å². The van der Waals surface area contributed by atoms with Gasteiger partial charge in [-0.1, -0.05) is 18.2 Å². The van der Waals surface area contributed by atoms with Crippen LogP contribution in [-0.4, -0.2) is 32.6 Å². The van der Waals surface area contributed by atoms with E-state index in [1.54, 1.807) is 38.1 Å². The Kier molecular flexibility index (Phi) is 4.90. The molecule has 0 saturated carbocycles. The molecule has 0 amide bonds. The van der Waals surface area contributed by atoms with Crippen LogP contribution in [0.2, 0.25) is 0 Å². The minimum atomic E-state index is -1.20. The van der Waals surface area contributed by atoms with E-state index in [9.17, 15) is 20.5 Å². The number of nitro groups is 1. The van der Waals surface area contributed by atoms with E-state index in [0.29, 0.717) is 11.4 Å². The van der Waals surface area contributed by atoms with Gasteiger partial charge in [0.25, 0.3) is 5.69 Å². The highest BCUT2D eigenvalue weighted by molar-refractivity contribution is 5.83. The average molecular weight is 381 g/mol. The SMILES string of the molecule is CC1(C)Oc2ccc([N+](=O)[O-])cc2[C@@H](N(C#N)C(N)=Nc2ccccc2)[C@@H]1O. The highest BCUT2D eigenvalue weighted by Gasteiger charge is 2.47. The van der Waals surface area contributed by atoms with Gasteiger partial charge in [-0.3, -0.25) is 10.1 Å². The number of para-hydroxylation sites is 1. The fourth-order valence-electron chi connectivity index (χ4n) is 3.09. The van der Waals surface area contributed by atoms with Crippen molar-refractivity contribution in [2.24, 2.45) is 10.7 Å². The molecule has 0 spiro atoms. The maximum Gasteiger partial charge on any atom is 0.270 e. The number of nitriles is 1. The highest BCUT2D eigenvalue weighted by atomic mass is 16.6. The van der Waals surface area contributed by atoms with E-state index in [0.717, 1.165) is 4.90 Å². The molecule has 144 valence electrons. The van der Waals surface area contributed by atoms with Gasteiger partial charge >= 0.3 is 0 Å². The van der Waals surface area contributed by atoms with Gasteiger partial charge in [0.2, 0.25) is 5.96 Å². The molecular weight excluding hydrogens is 362 g/mol. The summed E-state index contributed by atoms with van der Waals surface area (Å²) in [5.74, 6) is 0.187. The highest BCUT2D eigenvalue weighted by Crippen LogP contribution is 2.44. The van der Waals surface area contributed by atoms with Gasteiger partial charge in [0.15, 0.2) is 6.19 Å². The fourth-order valence-corrected chi connectivity index (χ4v) is 3.09. The summed E-state index contributed by atoms with van der Waals surface area (Å²) < 4.78 is 5.80. The molecule has 1 aliphatic heterocycles. The number of nitrogens with zero attached hydrogens (tertiary/aromatic N) is 4. The van der Waals surface area contributed by atoms with E-state index in [1.165, 1.54) is 18.2 Å². The summed E-state index contributed by atoms with van der Waals surface area (Å²) in [6.07, 6.45) is 0.739. The van der Waals surface area contributed by atoms with Crippen molar-refractivity contribution in [2.75, 3.05) is 0 Å². The lowest BCUT2D eigenvalue weighted by Crippen LogP contribution is -2.54. The van der Waals surface area contributed by atoms with Gasteiger partial charge in [0.1, 0.15) is 23.5 Å². The number of nitro benzene ring substituents is 1. The summed E-state index contributed by atoms with van der Waals surface area (Å²) >= 11 is 0. The van der Waals surface area contributed by atoms with Crippen LogP contribution in [-0.2, 0) is 0 Å². The number of aliphatic hydroxyl groups is 1. The minimum absolute atomic E-state index is 0.145. The minimum Gasteiger partial charge on any atom is -0.485 e. The molecule has 2 atom stereocenters. The Hall–Kier alpha value is -3.64. The Morgan fingerprint density at radius 3 is 2.64 bits per heavy atom. The number of aliphatic hydroxyl groups excluding tert-OH is 1. The van der Waals surface area contributed by atoms with Crippen molar-refractivity contribution in [1.82, 2.24) is 4.90 Å². The van der Waals surface area contributed by atoms with Crippen molar-refractivity contribution in [3.05, 3.63) is 64.2 Å². The zero-order chi connectivity index (χ0) is 20.5. The number of hydrogen-bond acceptors (Lipinski definition) is 6. The molecule has 0 aromatic heterocycles. The van der Waals surface area contributed by atoms with Crippen molar-refractivity contribution in [3.63, 3.8) is 0 Å². The number of rotatable bonds is 3. The predicted molar refractivity (Wildman–Crippen MR) is 102 cm³/mol. The van der Waals surface area contributed by atoms with Crippen LogP contribution in [0.25, 0.3) is 0 Å². The fraction of sp³-hybridized carbons (Fsp3) is 0.263. The number of hydrogen-bond donors (Lipinski definition) is 2. The molecular formula is C19H19N5O4. The lowest BCUT2D eigenvalue weighted by Gasteiger charge is -2.44. The number of fused-ring (bicyclic) bond motifs is 1. The third-order valence-corrected chi connectivity index (χ3v) is 4.54. The van der Waals surface area contributed by atoms with Gasteiger partial charge in [-0.25, -0.2) is 9.89 Å². The molecule has 3 N–H and O–H groups in total. The second kappa shape index (κ2) is 7.17. The van der Waals surface area contributed by atoms with Crippen molar-refractivity contribution in [1.29, 1.82) is 5.26 Å². The van der Waals surface area contributed by atoms with E-state index in [4.69, 9.17) is 10.5 Å². The van der Waals surface area contributed by atoms with E-state index in [1.807, 2.05) is 12.3 Å². The molecule has 0 unspecified atom stereocenters. The Morgan fingerprint density at radius 1 is 1.36 bits per heavy atom. The van der Waals surface area contributed by atoms with Crippen molar-refractivity contribution in [2.45, 2.75) is 31.6 Å². The van der Waals surface area contributed by atoms with Crippen LogP contribution >= 0.6 is 0 Å². The van der Waals surface area contributed by atoms with E-state index in [2.05, 4.69) is 4.99 Å². The normalized spacial score (nSPS) is 20.4. The quantitative estimate of drug-likeness (QED) is 0.208. The topological polar surface area (TPSA) is 138 Å². The van der Waals surface area contributed by atoms with E-state index in [-0.39, 0.29) is 17.2 Å². The van der Waals surface area contributed by atoms with Gasteiger partial charge in [-0.05, 0) is 32.0 Å². The molecule has 1 heterocycles. The lowest BCUT2D eigenvalue weighted by molar-refractivity contribution is -0.385. The second-order valence-corrected chi connectivity index (χ2v) is 6.85. The average Bonchev–Trinajstić information content (AvgIpc) is 2.65. The summed E-state index contributed by atoms with van der Waals surface area (Å²) in [7, 11) is 0. The predicted octanol–water partition coefficient (Wildman–Crippen LogP) is 2.60. The smallest absolute Gasteiger partial charge is 0.270 e. The lowest BCUT2D eigenvalue weighted by atomic mass is 9.85. The molecule has 2 aromatic rings. The second-order valence-electron chi connectivity index (χ2n) is 6.85. The summed E-state index contributed by atoms with van der Waals surface area (Å²) in [5, 5.41) is 31.8. The first-order valence-corrected chi connectivity index (χ1v) is 8.48. The van der Waals surface area contributed by atoms with Crippen molar-refractivity contribution >= 4 is 17.3 Å². The van der Waals surface area contributed by atoms with Crippen LogP contribution in [0, 0.1) is 21.6 Å². The molecule has 9 heteroatoms. The third kappa shape index (κ3) is 3.45. The Bertz CT molecular complexity index is 968. The molecule has 28 heavy (non-hydrogen) atoms. The monoisotopic (exact) mass is 381 g/mol. The molecule has 0 saturated heterocycles. The summed E-state index contributed by atoms with van der Waals surface area (Å²) in [5.41, 5.74) is 5.63. The summed E-state index contributed by atoms with van der Waals surface area (Å²) in [6, 6.07) is 11.8. The summed E-state index contributed by atoms with van der Waals surface area (Å²) in [6.45, 7) is 3.32. The van der Waals surface area contributed by atoms with Crippen LogP contribution in [0.15, 0.2) is 53.5 Å². The number of non-ortho nitro benzene ring substituents is 1. The van der Waals surface area contributed by atoms with Crippen LogP contribution in [0.3, 0.4) is 0 Å². The van der Waals surface area contributed by atoms with E-state index >= 15 is 0 Å². The van der Waals surface area contributed by atoms with Crippen LogP contribution < -0.4 is 10.5 Å². The Labute approximate surface area is 161 Å². The first-order valence-electron chi connectivity index (χ1n) is 8.48. The van der Waals surface area contributed by atoms with Crippen molar-refractivity contribution in [3.8, 4) is 11.9 Å². The molecule has 0 radical (unpaired) electrons. The molecule has 2 aromatic carbocycles. The number of aliphatic imine (C=N–C) groups is 1. The first-order chi connectivity index (χ1) is 13.2. The van der Waals surface area contributed by atoms with Crippen LogP contribution in [0.5, 0.6) is 5.75 Å². The van der Waals surface area contributed by atoms with E-state index < -0.39 is 22.7 Å². The maximum atomic E-state index is 11.2. The van der Waals surface area contributed by atoms with Gasteiger partial charge in [0.05, 0.1) is 10.6 Å². The largest absolute Gasteiger partial charge is 0.485 e. The number of benzene rings is 2. The molecule has 0 fully saturated rings. The Morgan fingerprint density at radius 2 is 2.04 bits per heavy atom. The van der Waals surface area contributed by atoms with Crippen LogP contribution in [0.1, 0.15) is 25.5 Å². The number of ether oxygens (including phenoxy) is 1. The summed E-state index contributed by atoms with van der Waals surface area (Å²) in [4.78, 5) is 15.9. The molecule has 1 aliphatic rings. The zero-order valence-corrected chi connectivity index (χ0v) is 15.3. The molecule has 9 nitrogen and oxygen atoms in total. The number of nitrogens with two attached hydrogens (primary N) is 1. The van der Waals surface area contributed by atoms with Gasteiger partial charge in [-0.15, -0.1) is 0 Å².